The Kier molecular flexibility index (Phi) is 16.3. The lowest BCUT2D eigenvalue weighted by Gasteiger charge is -2.22. The molecule has 1 unspecified atom stereocenters. The minimum Gasteiger partial charge on any atom is -0.465 e. The van der Waals surface area contributed by atoms with E-state index in [-0.39, 0.29) is 19.5 Å². The summed E-state index contributed by atoms with van der Waals surface area (Å²) in [5.74, 6) is -1.79. The van der Waals surface area contributed by atoms with E-state index in [4.69, 9.17) is 18.9 Å². The molecule has 6 nitrogen and oxygen atoms in total. The van der Waals surface area contributed by atoms with Crippen LogP contribution < -0.4 is 0 Å². The highest BCUT2D eigenvalue weighted by molar-refractivity contribution is 5.94. The number of ether oxygens (including phenoxy) is 4. The molecule has 0 aromatic heterocycles. The van der Waals surface area contributed by atoms with Crippen LogP contribution in [0.1, 0.15) is 90.9 Å². The predicted molar refractivity (Wildman–Crippen MR) is 117 cm³/mol. The van der Waals surface area contributed by atoms with Gasteiger partial charge in [-0.25, -0.2) is 0 Å². The van der Waals surface area contributed by atoms with Crippen LogP contribution in [0.3, 0.4) is 0 Å². The highest BCUT2D eigenvalue weighted by Gasteiger charge is 2.28. The SMILES string of the molecule is CCOC(=O)C(CC/C=C\CCCCCCCCOC1CCCCO1)C(=O)OCC. The highest BCUT2D eigenvalue weighted by atomic mass is 16.7. The van der Waals surface area contributed by atoms with Gasteiger partial charge in [-0.3, -0.25) is 9.59 Å². The zero-order valence-electron chi connectivity index (χ0n) is 19.1. The number of unbranched alkanes of at least 4 members (excludes halogenated alkanes) is 6. The number of carbonyl (C=O) groups excluding carboxylic acids is 2. The van der Waals surface area contributed by atoms with Crippen molar-refractivity contribution in [3.05, 3.63) is 12.2 Å². The van der Waals surface area contributed by atoms with E-state index in [1.165, 1.54) is 38.5 Å². The van der Waals surface area contributed by atoms with Crippen LogP contribution in [-0.2, 0) is 28.5 Å². The fourth-order valence-corrected chi connectivity index (χ4v) is 3.44. The summed E-state index contributed by atoms with van der Waals surface area (Å²) in [4.78, 5) is 23.8. The topological polar surface area (TPSA) is 71.1 Å². The quantitative estimate of drug-likeness (QED) is 0.135. The second-order valence-corrected chi connectivity index (χ2v) is 7.68. The molecule has 1 heterocycles. The Hall–Kier alpha value is -1.40. The molecule has 174 valence electrons. The van der Waals surface area contributed by atoms with E-state index in [1.54, 1.807) is 13.8 Å². The van der Waals surface area contributed by atoms with Crippen molar-refractivity contribution >= 4 is 11.9 Å². The summed E-state index contributed by atoms with van der Waals surface area (Å²) in [6.45, 7) is 5.67. The Labute approximate surface area is 182 Å². The van der Waals surface area contributed by atoms with Crippen LogP contribution in [0.2, 0.25) is 0 Å². The first-order valence-electron chi connectivity index (χ1n) is 11.9. The smallest absolute Gasteiger partial charge is 0.320 e. The Morgan fingerprint density at radius 1 is 0.900 bits per heavy atom. The average molecular weight is 427 g/mol. The molecule has 0 aliphatic carbocycles. The lowest BCUT2D eigenvalue weighted by Crippen LogP contribution is -2.28. The van der Waals surface area contributed by atoms with Crippen LogP contribution in [-0.4, -0.2) is 44.7 Å². The fourth-order valence-electron chi connectivity index (χ4n) is 3.44. The molecule has 0 N–H and O–H groups in total. The molecule has 0 radical (unpaired) electrons. The minimum atomic E-state index is -0.816. The third-order valence-corrected chi connectivity index (χ3v) is 5.14. The van der Waals surface area contributed by atoms with Crippen LogP contribution in [0.4, 0.5) is 0 Å². The van der Waals surface area contributed by atoms with Gasteiger partial charge < -0.3 is 18.9 Å². The molecule has 0 amide bonds. The van der Waals surface area contributed by atoms with E-state index in [1.807, 2.05) is 0 Å². The van der Waals surface area contributed by atoms with Gasteiger partial charge in [0.25, 0.3) is 0 Å². The van der Waals surface area contributed by atoms with Crippen LogP contribution >= 0.6 is 0 Å². The van der Waals surface area contributed by atoms with Crippen molar-refractivity contribution in [2.24, 2.45) is 5.92 Å². The van der Waals surface area contributed by atoms with Gasteiger partial charge in [0, 0.05) is 13.2 Å². The molecule has 0 aromatic rings. The van der Waals surface area contributed by atoms with Crippen molar-refractivity contribution < 1.29 is 28.5 Å². The number of rotatable bonds is 17. The maximum atomic E-state index is 11.9. The normalized spacial score (nSPS) is 16.8. The largest absolute Gasteiger partial charge is 0.465 e. The van der Waals surface area contributed by atoms with Crippen LogP contribution in [0, 0.1) is 5.92 Å². The zero-order valence-corrected chi connectivity index (χ0v) is 19.1. The number of allylic oxidation sites excluding steroid dienone is 2. The molecule has 0 saturated carbocycles. The van der Waals surface area contributed by atoms with Crippen molar-refractivity contribution in [2.75, 3.05) is 26.4 Å². The molecule has 0 spiro atoms. The summed E-state index contributed by atoms with van der Waals surface area (Å²) in [5, 5.41) is 0. The molecule has 1 saturated heterocycles. The van der Waals surface area contributed by atoms with Crippen molar-refractivity contribution in [1.82, 2.24) is 0 Å². The Bertz CT molecular complexity index is 452. The maximum Gasteiger partial charge on any atom is 0.320 e. The summed E-state index contributed by atoms with van der Waals surface area (Å²) < 4.78 is 21.3. The van der Waals surface area contributed by atoms with E-state index in [9.17, 15) is 9.59 Å². The molecule has 0 bridgehead atoms. The predicted octanol–water partition coefficient (Wildman–Crippen LogP) is 5.34. The molecular weight excluding hydrogens is 384 g/mol. The van der Waals surface area contributed by atoms with Gasteiger partial charge in [0.15, 0.2) is 12.2 Å². The third-order valence-electron chi connectivity index (χ3n) is 5.14. The first-order chi connectivity index (χ1) is 14.7. The Morgan fingerprint density at radius 3 is 2.17 bits per heavy atom. The molecule has 0 aromatic carbocycles. The van der Waals surface area contributed by atoms with Crippen molar-refractivity contribution in [1.29, 1.82) is 0 Å². The zero-order chi connectivity index (χ0) is 21.9. The third kappa shape index (κ3) is 13.0. The summed E-state index contributed by atoms with van der Waals surface area (Å²) in [6, 6.07) is 0. The van der Waals surface area contributed by atoms with Crippen LogP contribution in [0.25, 0.3) is 0 Å². The fraction of sp³-hybridized carbons (Fsp3) is 0.833. The van der Waals surface area contributed by atoms with Crippen molar-refractivity contribution in [3.8, 4) is 0 Å². The first-order valence-corrected chi connectivity index (χ1v) is 11.9. The molecule has 1 atom stereocenters. The summed E-state index contributed by atoms with van der Waals surface area (Å²) in [5.41, 5.74) is 0. The highest BCUT2D eigenvalue weighted by Crippen LogP contribution is 2.15. The van der Waals surface area contributed by atoms with Gasteiger partial charge in [-0.05, 0) is 65.2 Å². The van der Waals surface area contributed by atoms with Crippen LogP contribution in [0.5, 0.6) is 0 Å². The van der Waals surface area contributed by atoms with Gasteiger partial charge in [-0.15, -0.1) is 0 Å². The van der Waals surface area contributed by atoms with Gasteiger partial charge in [0.1, 0.15) is 0 Å². The second kappa shape index (κ2) is 18.4. The second-order valence-electron chi connectivity index (χ2n) is 7.68. The number of carbonyl (C=O) groups is 2. The number of hydrogen-bond acceptors (Lipinski definition) is 6. The number of hydrogen-bond donors (Lipinski definition) is 0. The summed E-state index contributed by atoms with van der Waals surface area (Å²) in [6.07, 6.45) is 17.0. The van der Waals surface area contributed by atoms with E-state index in [0.717, 1.165) is 38.9 Å². The average Bonchev–Trinajstić information content (AvgIpc) is 2.75. The van der Waals surface area contributed by atoms with E-state index in [2.05, 4.69) is 12.2 Å². The van der Waals surface area contributed by atoms with Gasteiger partial charge in [0.2, 0.25) is 0 Å². The van der Waals surface area contributed by atoms with Gasteiger partial charge >= 0.3 is 11.9 Å². The van der Waals surface area contributed by atoms with Crippen molar-refractivity contribution in [3.63, 3.8) is 0 Å². The van der Waals surface area contributed by atoms with E-state index < -0.39 is 17.9 Å². The number of esters is 2. The molecule has 6 heteroatoms. The van der Waals surface area contributed by atoms with Crippen molar-refractivity contribution in [2.45, 2.75) is 97.2 Å². The van der Waals surface area contributed by atoms with Gasteiger partial charge in [-0.1, -0.05) is 37.8 Å². The maximum absolute atomic E-state index is 11.9. The molecule has 1 aliphatic rings. The Morgan fingerprint density at radius 2 is 1.53 bits per heavy atom. The Balaban J connectivity index is 1.98. The van der Waals surface area contributed by atoms with Gasteiger partial charge in [-0.2, -0.15) is 0 Å². The van der Waals surface area contributed by atoms with Gasteiger partial charge in [0.05, 0.1) is 13.2 Å². The van der Waals surface area contributed by atoms with E-state index in [0.29, 0.717) is 12.8 Å². The molecular formula is C24H42O6. The first kappa shape index (κ1) is 26.6. The molecule has 30 heavy (non-hydrogen) atoms. The summed E-state index contributed by atoms with van der Waals surface area (Å²) >= 11 is 0. The molecule has 1 fully saturated rings. The minimum absolute atomic E-state index is 0.0374. The lowest BCUT2D eigenvalue weighted by atomic mass is 10.0. The molecule has 1 aliphatic heterocycles. The standard InChI is InChI=1S/C24H42O6/c1-3-27-23(25)21(24(26)28-4-2)17-13-11-9-7-5-6-8-10-12-15-19-29-22-18-14-16-20-30-22/h9,11,21-22H,3-8,10,12-20H2,1-2H3/b11-9-. The molecule has 1 rings (SSSR count). The monoisotopic (exact) mass is 426 g/mol. The van der Waals surface area contributed by atoms with Crippen LogP contribution in [0.15, 0.2) is 12.2 Å². The lowest BCUT2D eigenvalue weighted by molar-refractivity contribution is -0.163. The van der Waals surface area contributed by atoms with E-state index >= 15 is 0 Å². The summed E-state index contributed by atoms with van der Waals surface area (Å²) in [7, 11) is 0.